The van der Waals surface area contributed by atoms with E-state index in [-0.39, 0.29) is 5.54 Å². The summed E-state index contributed by atoms with van der Waals surface area (Å²) in [7, 11) is 1.66. The van der Waals surface area contributed by atoms with Gasteiger partial charge in [-0.05, 0) is 50.6 Å². The lowest BCUT2D eigenvalue weighted by molar-refractivity contribution is 0.415. The third-order valence-electron chi connectivity index (χ3n) is 1.72. The van der Waals surface area contributed by atoms with Crippen LogP contribution in [-0.2, 0) is 0 Å². The van der Waals surface area contributed by atoms with Crippen LogP contribution in [0.4, 0.5) is 0 Å². The molecule has 0 unspecified atom stereocenters. The van der Waals surface area contributed by atoms with Gasteiger partial charge in [0.05, 0.1) is 12.6 Å². The molecule has 1 aromatic carbocycles. The third-order valence-corrected chi connectivity index (χ3v) is 1.72. The maximum Gasteiger partial charge on any atom is 0.118 e. The molecule has 0 aliphatic rings. The smallest absolute Gasteiger partial charge is 0.118 e. The van der Waals surface area contributed by atoms with E-state index in [9.17, 15) is 0 Å². The highest BCUT2D eigenvalue weighted by Gasteiger charge is 2.04. The molecular weight excluding hydrogens is 174 g/mol. The average molecular weight is 191 g/mol. The maximum absolute atomic E-state index is 5.07. The summed E-state index contributed by atoms with van der Waals surface area (Å²) in [5.41, 5.74) is 1.08. The lowest BCUT2D eigenvalue weighted by atomic mass is 10.1. The van der Waals surface area contributed by atoms with Gasteiger partial charge in [-0.1, -0.05) is 0 Å². The molecule has 0 aliphatic heterocycles. The Morgan fingerprint density at radius 3 is 2.14 bits per heavy atom. The predicted octanol–water partition coefficient (Wildman–Crippen LogP) is 2.91. The fourth-order valence-electron chi connectivity index (χ4n) is 0.958. The summed E-state index contributed by atoms with van der Waals surface area (Å²) in [6, 6.07) is 7.86. The van der Waals surface area contributed by atoms with Crippen molar-refractivity contribution in [1.82, 2.24) is 0 Å². The van der Waals surface area contributed by atoms with Crippen molar-refractivity contribution in [2.75, 3.05) is 7.11 Å². The quantitative estimate of drug-likeness (QED) is 0.659. The van der Waals surface area contributed by atoms with Crippen LogP contribution in [0.5, 0.6) is 5.75 Å². The van der Waals surface area contributed by atoms with Gasteiger partial charge in [-0.25, -0.2) is 0 Å². The summed E-state index contributed by atoms with van der Waals surface area (Å²) in [6.45, 7) is 6.23. The molecule has 0 bridgehead atoms. The molecule has 14 heavy (non-hydrogen) atoms. The zero-order chi connectivity index (χ0) is 10.6. The number of benzene rings is 1. The lowest BCUT2D eigenvalue weighted by Gasteiger charge is -2.10. The van der Waals surface area contributed by atoms with Crippen molar-refractivity contribution in [3.05, 3.63) is 29.8 Å². The molecule has 0 radical (unpaired) electrons. The van der Waals surface area contributed by atoms with Crippen molar-refractivity contribution in [3.8, 4) is 5.75 Å². The first-order valence-electron chi connectivity index (χ1n) is 4.70. The first kappa shape index (κ1) is 10.8. The van der Waals surface area contributed by atoms with Crippen LogP contribution in [0, 0.1) is 0 Å². The van der Waals surface area contributed by atoms with E-state index in [4.69, 9.17) is 4.74 Å². The number of methoxy groups -OCH3 is 1. The fraction of sp³-hybridized carbons (Fsp3) is 0.417. The molecule has 0 atom stereocenters. The van der Waals surface area contributed by atoms with Crippen LogP contribution in [0.1, 0.15) is 26.3 Å². The standard InChI is InChI=1S/C12H17NO/c1-12(2,3)13-9-10-5-7-11(14-4)8-6-10/h5-9H,1-4H3. The van der Waals surface area contributed by atoms with Crippen LogP contribution in [0.2, 0.25) is 0 Å². The van der Waals surface area contributed by atoms with Crippen LogP contribution in [0.15, 0.2) is 29.3 Å². The second-order valence-corrected chi connectivity index (χ2v) is 4.20. The van der Waals surface area contributed by atoms with Gasteiger partial charge in [0.2, 0.25) is 0 Å². The Hall–Kier alpha value is -1.31. The number of hydrogen-bond acceptors (Lipinski definition) is 2. The van der Waals surface area contributed by atoms with Crippen LogP contribution >= 0.6 is 0 Å². The molecule has 76 valence electrons. The molecule has 0 amide bonds. The highest BCUT2D eigenvalue weighted by atomic mass is 16.5. The van der Waals surface area contributed by atoms with Crippen molar-refractivity contribution in [2.24, 2.45) is 4.99 Å². The molecule has 2 nitrogen and oxygen atoms in total. The molecule has 0 aromatic heterocycles. The first-order valence-corrected chi connectivity index (χ1v) is 4.70. The van der Waals surface area contributed by atoms with Gasteiger partial charge in [0, 0.05) is 6.21 Å². The Balaban J connectivity index is 2.74. The molecule has 1 rings (SSSR count). The van der Waals surface area contributed by atoms with Crippen molar-refractivity contribution >= 4 is 6.21 Å². The Bertz CT molecular complexity index is 306. The predicted molar refractivity (Wildman–Crippen MR) is 60.3 cm³/mol. The zero-order valence-corrected chi connectivity index (χ0v) is 9.24. The minimum absolute atomic E-state index is 0.0140. The van der Waals surface area contributed by atoms with Gasteiger partial charge < -0.3 is 4.74 Å². The molecule has 0 spiro atoms. The number of nitrogens with zero attached hydrogens (tertiary/aromatic N) is 1. The highest BCUT2D eigenvalue weighted by Crippen LogP contribution is 2.11. The Kier molecular flexibility index (Phi) is 3.28. The van der Waals surface area contributed by atoms with E-state index in [1.165, 1.54) is 0 Å². The lowest BCUT2D eigenvalue weighted by Crippen LogP contribution is -2.09. The highest BCUT2D eigenvalue weighted by molar-refractivity contribution is 5.80. The average Bonchev–Trinajstić information content (AvgIpc) is 2.14. The summed E-state index contributed by atoms with van der Waals surface area (Å²) in [5, 5.41) is 0. The monoisotopic (exact) mass is 191 g/mol. The molecule has 2 heteroatoms. The SMILES string of the molecule is COc1ccc(C=NC(C)(C)C)cc1. The molecule has 0 aliphatic carbocycles. The molecule has 0 heterocycles. The first-order chi connectivity index (χ1) is 6.51. The molecule has 0 fully saturated rings. The topological polar surface area (TPSA) is 21.6 Å². The van der Waals surface area contributed by atoms with Gasteiger partial charge in [0.25, 0.3) is 0 Å². The van der Waals surface area contributed by atoms with E-state index in [0.717, 1.165) is 11.3 Å². The normalized spacial score (nSPS) is 12.0. The van der Waals surface area contributed by atoms with E-state index >= 15 is 0 Å². The second kappa shape index (κ2) is 4.27. The van der Waals surface area contributed by atoms with Crippen LogP contribution in [0.25, 0.3) is 0 Å². The fourth-order valence-corrected chi connectivity index (χ4v) is 0.958. The molecule has 0 saturated carbocycles. The van der Waals surface area contributed by atoms with E-state index in [1.54, 1.807) is 7.11 Å². The van der Waals surface area contributed by atoms with Crippen LogP contribution in [0.3, 0.4) is 0 Å². The molecule has 0 N–H and O–H groups in total. The van der Waals surface area contributed by atoms with Gasteiger partial charge >= 0.3 is 0 Å². The van der Waals surface area contributed by atoms with Crippen molar-refractivity contribution in [2.45, 2.75) is 26.3 Å². The van der Waals surface area contributed by atoms with Crippen molar-refractivity contribution in [3.63, 3.8) is 0 Å². The van der Waals surface area contributed by atoms with Crippen LogP contribution < -0.4 is 4.74 Å². The van der Waals surface area contributed by atoms with Gasteiger partial charge in [0.15, 0.2) is 0 Å². The summed E-state index contributed by atoms with van der Waals surface area (Å²) >= 11 is 0. The Morgan fingerprint density at radius 1 is 1.14 bits per heavy atom. The molecular formula is C12H17NO. The number of aliphatic imine (C=N–C) groups is 1. The second-order valence-electron chi connectivity index (χ2n) is 4.20. The van der Waals surface area contributed by atoms with Gasteiger partial charge in [-0.2, -0.15) is 0 Å². The summed E-state index contributed by atoms with van der Waals surface area (Å²) in [6.07, 6.45) is 1.89. The summed E-state index contributed by atoms with van der Waals surface area (Å²) < 4.78 is 5.07. The summed E-state index contributed by atoms with van der Waals surface area (Å²) in [5.74, 6) is 0.873. The Morgan fingerprint density at radius 2 is 1.71 bits per heavy atom. The van der Waals surface area contributed by atoms with Crippen molar-refractivity contribution in [1.29, 1.82) is 0 Å². The summed E-state index contributed by atoms with van der Waals surface area (Å²) in [4.78, 5) is 4.42. The van der Waals surface area contributed by atoms with E-state index in [0.29, 0.717) is 0 Å². The van der Waals surface area contributed by atoms with Gasteiger partial charge in [-0.3, -0.25) is 4.99 Å². The van der Waals surface area contributed by atoms with Crippen molar-refractivity contribution < 1.29 is 4.74 Å². The largest absolute Gasteiger partial charge is 0.497 e. The van der Waals surface area contributed by atoms with Crippen LogP contribution in [-0.4, -0.2) is 18.9 Å². The molecule has 1 aromatic rings. The van der Waals surface area contributed by atoms with E-state index in [1.807, 2.05) is 30.5 Å². The van der Waals surface area contributed by atoms with E-state index < -0.39 is 0 Å². The Labute approximate surface area is 85.6 Å². The van der Waals surface area contributed by atoms with Gasteiger partial charge in [0.1, 0.15) is 5.75 Å². The molecule has 0 saturated heterocycles. The van der Waals surface area contributed by atoms with E-state index in [2.05, 4.69) is 25.8 Å². The van der Waals surface area contributed by atoms with Gasteiger partial charge in [-0.15, -0.1) is 0 Å². The zero-order valence-electron chi connectivity index (χ0n) is 9.24. The third kappa shape index (κ3) is 3.60. The maximum atomic E-state index is 5.07. The minimum Gasteiger partial charge on any atom is -0.497 e. The minimum atomic E-state index is -0.0140. The number of hydrogen-bond donors (Lipinski definition) is 0. The number of rotatable bonds is 2. The number of ether oxygens (including phenoxy) is 1.